The van der Waals surface area contributed by atoms with Gasteiger partial charge in [-0.1, -0.05) is 23.7 Å². The lowest BCUT2D eigenvalue weighted by Gasteiger charge is -2.28. The van der Waals surface area contributed by atoms with Crippen molar-refractivity contribution in [3.8, 4) is 11.3 Å². The van der Waals surface area contributed by atoms with Crippen molar-refractivity contribution in [3.63, 3.8) is 0 Å². The number of morpholine rings is 1. The minimum atomic E-state index is -0.0550. The number of aromatic nitrogens is 2. The lowest BCUT2D eigenvalue weighted by atomic mass is 10.2. The number of nitrogens with zero attached hydrogens (tertiary/aromatic N) is 3. The van der Waals surface area contributed by atoms with Gasteiger partial charge in [-0.2, -0.15) is 0 Å². The molecule has 0 aliphatic carbocycles. The molecule has 0 bridgehead atoms. The summed E-state index contributed by atoms with van der Waals surface area (Å²) in [5.41, 5.74) is 4.71. The van der Waals surface area contributed by atoms with E-state index in [0.29, 0.717) is 5.02 Å². The summed E-state index contributed by atoms with van der Waals surface area (Å²) in [7, 11) is 0. The molecule has 0 radical (unpaired) electrons. The molecule has 0 saturated carbocycles. The monoisotopic (exact) mass is 452 g/mol. The Morgan fingerprint density at radius 2 is 1.84 bits per heavy atom. The first-order chi connectivity index (χ1) is 15.2. The Balaban J connectivity index is 1.26. The molecular weight excluding hydrogens is 432 g/mol. The molecule has 1 fully saturated rings. The number of nitrogens with one attached hydrogen (secondary N) is 1. The summed E-state index contributed by atoms with van der Waals surface area (Å²) in [5, 5.41) is 5.67. The van der Waals surface area contributed by atoms with Crippen LogP contribution in [0, 0.1) is 0 Å². The highest BCUT2D eigenvalue weighted by molar-refractivity contribution is 7.15. The van der Waals surface area contributed by atoms with Crippen LogP contribution >= 0.6 is 22.9 Å². The van der Waals surface area contributed by atoms with Gasteiger partial charge in [0.15, 0.2) is 4.96 Å². The van der Waals surface area contributed by atoms with Crippen molar-refractivity contribution in [2.45, 2.75) is 6.42 Å². The highest BCUT2D eigenvalue weighted by atomic mass is 35.5. The van der Waals surface area contributed by atoms with E-state index in [9.17, 15) is 4.79 Å². The van der Waals surface area contributed by atoms with E-state index in [-0.39, 0.29) is 12.3 Å². The Hall–Kier alpha value is -2.87. The number of halogens is 1. The van der Waals surface area contributed by atoms with Gasteiger partial charge in [0.1, 0.15) is 0 Å². The average Bonchev–Trinajstić information content (AvgIpc) is 3.37. The van der Waals surface area contributed by atoms with Gasteiger partial charge >= 0.3 is 0 Å². The second kappa shape index (κ2) is 8.70. The predicted molar refractivity (Wildman–Crippen MR) is 125 cm³/mol. The smallest absolute Gasteiger partial charge is 0.230 e. The Morgan fingerprint density at radius 3 is 2.58 bits per heavy atom. The van der Waals surface area contributed by atoms with Gasteiger partial charge in [0.05, 0.1) is 25.3 Å². The molecule has 2 aromatic carbocycles. The molecule has 8 heteroatoms. The van der Waals surface area contributed by atoms with E-state index in [1.165, 1.54) is 11.3 Å². The fraction of sp³-hybridized carbons (Fsp3) is 0.217. The number of carbonyl (C=O) groups is 1. The van der Waals surface area contributed by atoms with Gasteiger partial charge in [-0.05, 0) is 36.4 Å². The SMILES string of the molecule is O=C(Cc1csc2nc(-c3ccc(Cl)cc3)cn12)Nc1ccc(N2CCOCC2)cc1. The summed E-state index contributed by atoms with van der Waals surface area (Å²) in [6.45, 7) is 3.29. The molecule has 2 aromatic heterocycles. The lowest BCUT2D eigenvalue weighted by molar-refractivity contribution is -0.115. The van der Waals surface area contributed by atoms with Crippen LogP contribution in [0.2, 0.25) is 5.02 Å². The van der Waals surface area contributed by atoms with E-state index < -0.39 is 0 Å². The maximum Gasteiger partial charge on any atom is 0.230 e. The molecular formula is C23H21ClN4O2S. The van der Waals surface area contributed by atoms with Gasteiger partial charge in [-0.3, -0.25) is 9.20 Å². The molecule has 31 heavy (non-hydrogen) atoms. The number of rotatable bonds is 5. The predicted octanol–water partition coefficient (Wildman–Crippen LogP) is 4.73. The second-order valence-corrected chi connectivity index (χ2v) is 8.66. The van der Waals surface area contributed by atoms with Crippen molar-refractivity contribution in [1.82, 2.24) is 9.38 Å². The van der Waals surface area contributed by atoms with Crippen LogP contribution in [0.15, 0.2) is 60.1 Å². The highest BCUT2D eigenvalue weighted by Gasteiger charge is 2.14. The Kier molecular flexibility index (Phi) is 5.63. The minimum absolute atomic E-state index is 0.0550. The maximum atomic E-state index is 12.6. The average molecular weight is 453 g/mol. The van der Waals surface area contributed by atoms with Gasteiger partial charge in [0, 0.05) is 52.3 Å². The van der Waals surface area contributed by atoms with E-state index >= 15 is 0 Å². The number of hydrogen-bond acceptors (Lipinski definition) is 5. The van der Waals surface area contributed by atoms with Crippen LogP contribution in [0.3, 0.4) is 0 Å². The summed E-state index contributed by atoms with van der Waals surface area (Å²) in [6, 6.07) is 15.6. The lowest BCUT2D eigenvalue weighted by Crippen LogP contribution is -2.36. The molecule has 1 aliphatic heterocycles. The molecule has 1 saturated heterocycles. The van der Waals surface area contributed by atoms with Crippen LogP contribution in [-0.4, -0.2) is 41.6 Å². The highest BCUT2D eigenvalue weighted by Crippen LogP contribution is 2.25. The Labute approximate surface area is 189 Å². The molecule has 5 rings (SSSR count). The molecule has 3 heterocycles. The van der Waals surface area contributed by atoms with Crippen LogP contribution in [0.25, 0.3) is 16.2 Å². The zero-order valence-corrected chi connectivity index (χ0v) is 18.3. The van der Waals surface area contributed by atoms with Crippen LogP contribution in [0.5, 0.6) is 0 Å². The first kappa shape index (κ1) is 20.1. The molecule has 1 N–H and O–H groups in total. The van der Waals surface area contributed by atoms with E-state index in [2.05, 4.69) is 15.2 Å². The van der Waals surface area contributed by atoms with E-state index in [1.807, 2.05) is 64.5 Å². The van der Waals surface area contributed by atoms with Crippen molar-refractivity contribution in [3.05, 3.63) is 70.8 Å². The third kappa shape index (κ3) is 4.44. The van der Waals surface area contributed by atoms with Crippen molar-refractivity contribution < 1.29 is 9.53 Å². The Morgan fingerprint density at radius 1 is 1.10 bits per heavy atom. The quantitative estimate of drug-likeness (QED) is 0.475. The van der Waals surface area contributed by atoms with Gasteiger partial charge < -0.3 is 15.0 Å². The van der Waals surface area contributed by atoms with E-state index in [4.69, 9.17) is 16.3 Å². The van der Waals surface area contributed by atoms with Crippen LogP contribution in [0.4, 0.5) is 11.4 Å². The van der Waals surface area contributed by atoms with E-state index in [0.717, 1.165) is 59.6 Å². The summed E-state index contributed by atoms with van der Waals surface area (Å²) in [4.78, 5) is 20.5. The maximum absolute atomic E-state index is 12.6. The molecule has 4 aromatic rings. The first-order valence-electron chi connectivity index (χ1n) is 10.1. The van der Waals surface area contributed by atoms with Crippen LogP contribution < -0.4 is 10.2 Å². The molecule has 6 nitrogen and oxygen atoms in total. The summed E-state index contributed by atoms with van der Waals surface area (Å²) < 4.78 is 7.38. The van der Waals surface area contributed by atoms with E-state index in [1.54, 1.807) is 0 Å². The number of imidazole rings is 1. The fourth-order valence-corrected chi connectivity index (χ4v) is 4.66. The number of carbonyl (C=O) groups excluding carboxylic acids is 1. The topological polar surface area (TPSA) is 58.9 Å². The normalized spacial score (nSPS) is 14.2. The molecule has 1 aliphatic rings. The molecule has 0 spiro atoms. The number of ether oxygens (including phenoxy) is 1. The zero-order chi connectivity index (χ0) is 21.2. The molecule has 1 amide bonds. The number of benzene rings is 2. The number of thiazole rings is 1. The summed E-state index contributed by atoms with van der Waals surface area (Å²) >= 11 is 7.51. The molecule has 158 valence electrons. The number of amides is 1. The zero-order valence-electron chi connectivity index (χ0n) is 16.8. The fourth-order valence-electron chi connectivity index (χ4n) is 3.66. The largest absolute Gasteiger partial charge is 0.378 e. The van der Waals surface area contributed by atoms with Gasteiger partial charge in [-0.15, -0.1) is 11.3 Å². The number of hydrogen-bond donors (Lipinski definition) is 1. The number of anilines is 2. The Bertz CT molecular complexity index is 1190. The standard InChI is InChI=1S/C23H21ClN4O2S/c24-17-3-1-16(2-4-17)21-14-28-20(15-31-23(28)26-21)13-22(29)25-18-5-7-19(8-6-18)27-9-11-30-12-10-27/h1-8,14-15H,9-13H2,(H,25,29). The van der Waals surface area contributed by atoms with Crippen molar-refractivity contribution in [2.75, 3.05) is 36.5 Å². The van der Waals surface area contributed by atoms with Gasteiger partial charge in [0.2, 0.25) is 5.91 Å². The van der Waals surface area contributed by atoms with Crippen LogP contribution in [0.1, 0.15) is 5.69 Å². The third-order valence-electron chi connectivity index (χ3n) is 5.29. The number of fused-ring (bicyclic) bond motifs is 1. The summed E-state index contributed by atoms with van der Waals surface area (Å²) in [6.07, 6.45) is 2.25. The third-order valence-corrected chi connectivity index (χ3v) is 6.43. The summed E-state index contributed by atoms with van der Waals surface area (Å²) in [5.74, 6) is -0.0550. The second-order valence-electron chi connectivity index (χ2n) is 7.38. The van der Waals surface area contributed by atoms with Gasteiger partial charge in [-0.25, -0.2) is 4.98 Å². The van der Waals surface area contributed by atoms with Crippen molar-refractivity contribution in [2.24, 2.45) is 0 Å². The van der Waals surface area contributed by atoms with Crippen LogP contribution in [-0.2, 0) is 16.0 Å². The van der Waals surface area contributed by atoms with Gasteiger partial charge in [0.25, 0.3) is 0 Å². The minimum Gasteiger partial charge on any atom is -0.378 e. The van der Waals surface area contributed by atoms with Crippen molar-refractivity contribution in [1.29, 1.82) is 0 Å². The molecule has 0 unspecified atom stereocenters. The van der Waals surface area contributed by atoms with Crippen molar-refractivity contribution >= 4 is 45.2 Å². The molecule has 0 atom stereocenters. The first-order valence-corrected chi connectivity index (χ1v) is 11.4.